The molecule has 1 aromatic rings. The summed E-state index contributed by atoms with van der Waals surface area (Å²) in [6, 6.07) is 4.46. The first-order chi connectivity index (χ1) is 5.24. The van der Waals surface area contributed by atoms with Gasteiger partial charge in [-0.3, -0.25) is 0 Å². The number of phenolic OH excluding ortho intramolecular Hbond substituents is 2. The molecule has 0 atom stereocenters. The summed E-state index contributed by atoms with van der Waals surface area (Å²) in [5.74, 6) is 0.380. The maximum absolute atomic E-state index is 9.21. The van der Waals surface area contributed by atoms with Gasteiger partial charge < -0.3 is 15.5 Å². The Labute approximate surface area is 65.3 Å². The predicted octanol–water partition coefficient (Wildman–Crippen LogP) is 0.817. The fourth-order valence-corrected chi connectivity index (χ4v) is 0.904. The number of phenols is 2. The van der Waals surface area contributed by atoms with Crippen LogP contribution in [0.1, 0.15) is 5.56 Å². The minimum absolute atomic E-state index is 0.174. The van der Waals surface area contributed by atoms with E-state index in [2.05, 4.69) is 5.32 Å². The summed E-state index contributed by atoms with van der Waals surface area (Å²) in [7, 11) is 1.78. The summed E-state index contributed by atoms with van der Waals surface area (Å²) in [6.07, 6.45) is 0. The number of rotatable bonds is 2. The van der Waals surface area contributed by atoms with Crippen LogP contribution in [0, 0.1) is 0 Å². The third kappa shape index (κ3) is 1.85. The van der Waals surface area contributed by atoms with Crippen LogP contribution in [0.5, 0.6) is 11.5 Å². The van der Waals surface area contributed by atoms with Gasteiger partial charge in [0.15, 0.2) is 0 Å². The monoisotopic (exact) mass is 153 g/mol. The van der Waals surface area contributed by atoms with Gasteiger partial charge in [-0.25, -0.2) is 0 Å². The Bertz CT molecular complexity index is 248. The Balaban J connectivity index is 2.93. The molecule has 0 bridgehead atoms. The lowest BCUT2D eigenvalue weighted by Crippen LogP contribution is -2.04. The van der Waals surface area contributed by atoms with Crippen molar-refractivity contribution >= 4 is 0 Å². The second-order valence-corrected chi connectivity index (χ2v) is 2.34. The maximum atomic E-state index is 9.21. The van der Waals surface area contributed by atoms with Crippen LogP contribution in [0.4, 0.5) is 0 Å². The van der Waals surface area contributed by atoms with Crippen molar-refractivity contribution in [3.8, 4) is 11.5 Å². The van der Waals surface area contributed by atoms with Crippen molar-refractivity contribution in [1.29, 1.82) is 0 Å². The van der Waals surface area contributed by atoms with Crippen molar-refractivity contribution in [2.24, 2.45) is 0 Å². The standard InChI is InChI=1S/C8H11NO2/c1-9-5-6-4-7(10)2-3-8(6)11/h2-4,9-11H,5H2,1H3. The Kier molecular flexibility index (Phi) is 2.33. The summed E-state index contributed by atoms with van der Waals surface area (Å²) >= 11 is 0. The van der Waals surface area contributed by atoms with Crippen molar-refractivity contribution < 1.29 is 10.2 Å². The first kappa shape index (κ1) is 7.88. The van der Waals surface area contributed by atoms with Crippen LogP contribution in [0.2, 0.25) is 0 Å². The SMILES string of the molecule is CNCc1cc(O)ccc1O. The third-order valence-electron chi connectivity index (χ3n) is 1.43. The molecule has 0 aliphatic carbocycles. The predicted molar refractivity (Wildman–Crippen MR) is 42.5 cm³/mol. The van der Waals surface area contributed by atoms with E-state index < -0.39 is 0 Å². The molecular formula is C8H11NO2. The van der Waals surface area contributed by atoms with Gasteiger partial charge in [-0.15, -0.1) is 0 Å². The van der Waals surface area contributed by atoms with E-state index in [9.17, 15) is 5.11 Å². The summed E-state index contributed by atoms with van der Waals surface area (Å²) in [6.45, 7) is 0.556. The molecule has 1 rings (SSSR count). The smallest absolute Gasteiger partial charge is 0.120 e. The molecule has 60 valence electrons. The van der Waals surface area contributed by atoms with E-state index in [-0.39, 0.29) is 11.5 Å². The molecule has 0 unspecified atom stereocenters. The minimum Gasteiger partial charge on any atom is -0.508 e. The van der Waals surface area contributed by atoms with E-state index in [1.165, 1.54) is 18.2 Å². The topological polar surface area (TPSA) is 52.5 Å². The van der Waals surface area contributed by atoms with E-state index in [0.717, 1.165) is 0 Å². The van der Waals surface area contributed by atoms with Crippen LogP contribution in [0.15, 0.2) is 18.2 Å². The normalized spacial score (nSPS) is 9.91. The van der Waals surface area contributed by atoms with Crippen molar-refractivity contribution in [2.45, 2.75) is 6.54 Å². The molecule has 0 radical (unpaired) electrons. The van der Waals surface area contributed by atoms with Gasteiger partial charge >= 0.3 is 0 Å². The average Bonchev–Trinajstić information content (AvgIpc) is 1.98. The van der Waals surface area contributed by atoms with E-state index in [1.807, 2.05) is 0 Å². The number of hydrogen-bond donors (Lipinski definition) is 3. The largest absolute Gasteiger partial charge is 0.508 e. The molecule has 11 heavy (non-hydrogen) atoms. The molecule has 0 spiro atoms. The summed E-state index contributed by atoms with van der Waals surface area (Å²) in [5.41, 5.74) is 0.701. The fraction of sp³-hybridized carbons (Fsp3) is 0.250. The molecule has 0 aliphatic rings. The van der Waals surface area contributed by atoms with Gasteiger partial charge in [0.25, 0.3) is 0 Å². The number of hydrogen-bond acceptors (Lipinski definition) is 3. The fourth-order valence-electron chi connectivity index (χ4n) is 0.904. The van der Waals surface area contributed by atoms with Gasteiger partial charge in [-0.2, -0.15) is 0 Å². The quantitative estimate of drug-likeness (QED) is 0.551. The first-order valence-electron chi connectivity index (χ1n) is 3.39. The highest BCUT2D eigenvalue weighted by atomic mass is 16.3. The molecule has 0 saturated heterocycles. The Morgan fingerprint density at radius 2 is 2.09 bits per heavy atom. The van der Waals surface area contributed by atoms with E-state index in [1.54, 1.807) is 7.05 Å². The number of nitrogens with one attached hydrogen (secondary N) is 1. The zero-order valence-corrected chi connectivity index (χ0v) is 6.33. The van der Waals surface area contributed by atoms with Gasteiger partial charge in [-0.1, -0.05) is 0 Å². The molecule has 0 aromatic heterocycles. The molecule has 1 aromatic carbocycles. The van der Waals surface area contributed by atoms with Gasteiger partial charge in [0.05, 0.1) is 0 Å². The molecule has 0 amide bonds. The zero-order chi connectivity index (χ0) is 8.27. The third-order valence-corrected chi connectivity index (χ3v) is 1.43. The lowest BCUT2D eigenvalue weighted by atomic mass is 10.2. The highest BCUT2D eigenvalue weighted by Crippen LogP contribution is 2.21. The molecule has 3 heteroatoms. The van der Waals surface area contributed by atoms with Gasteiger partial charge in [0.2, 0.25) is 0 Å². The Hall–Kier alpha value is -1.22. The molecule has 3 nitrogen and oxygen atoms in total. The average molecular weight is 153 g/mol. The van der Waals surface area contributed by atoms with Crippen LogP contribution in [0.25, 0.3) is 0 Å². The Morgan fingerprint density at radius 1 is 1.36 bits per heavy atom. The minimum atomic E-state index is 0.174. The van der Waals surface area contributed by atoms with Crippen molar-refractivity contribution in [3.05, 3.63) is 23.8 Å². The molecule has 0 fully saturated rings. The molecule has 0 saturated carbocycles. The molecule has 0 heterocycles. The first-order valence-corrected chi connectivity index (χ1v) is 3.39. The second-order valence-electron chi connectivity index (χ2n) is 2.34. The number of benzene rings is 1. The van der Waals surface area contributed by atoms with Gasteiger partial charge in [-0.05, 0) is 25.2 Å². The molecule has 0 aliphatic heterocycles. The Morgan fingerprint density at radius 3 is 2.73 bits per heavy atom. The van der Waals surface area contributed by atoms with Crippen LogP contribution in [0.3, 0.4) is 0 Å². The highest BCUT2D eigenvalue weighted by molar-refractivity contribution is 5.38. The lowest BCUT2D eigenvalue weighted by molar-refractivity contribution is 0.452. The number of aromatic hydroxyl groups is 2. The van der Waals surface area contributed by atoms with E-state index >= 15 is 0 Å². The van der Waals surface area contributed by atoms with Crippen LogP contribution >= 0.6 is 0 Å². The summed E-state index contributed by atoms with van der Waals surface area (Å²) < 4.78 is 0. The molecular weight excluding hydrogens is 142 g/mol. The molecule has 3 N–H and O–H groups in total. The second kappa shape index (κ2) is 3.25. The summed E-state index contributed by atoms with van der Waals surface area (Å²) in [5, 5.41) is 21.1. The lowest BCUT2D eigenvalue weighted by Gasteiger charge is -2.02. The highest BCUT2D eigenvalue weighted by Gasteiger charge is 1.99. The van der Waals surface area contributed by atoms with Crippen molar-refractivity contribution in [3.63, 3.8) is 0 Å². The van der Waals surface area contributed by atoms with Crippen molar-refractivity contribution in [1.82, 2.24) is 5.32 Å². The van der Waals surface area contributed by atoms with Crippen LogP contribution in [-0.2, 0) is 6.54 Å². The van der Waals surface area contributed by atoms with Crippen LogP contribution in [-0.4, -0.2) is 17.3 Å². The summed E-state index contributed by atoms with van der Waals surface area (Å²) in [4.78, 5) is 0. The van der Waals surface area contributed by atoms with E-state index in [4.69, 9.17) is 5.11 Å². The van der Waals surface area contributed by atoms with Gasteiger partial charge in [0, 0.05) is 12.1 Å². The van der Waals surface area contributed by atoms with E-state index in [0.29, 0.717) is 12.1 Å². The van der Waals surface area contributed by atoms with Crippen LogP contribution < -0.4 is 5.32 Å². The maximum Gasteiger partial charge on any atom is 0.120 e. The van der Waals surface area contributed by atoms with Gasteiger partial charge in [0.1, 0.15) is 11.5 Å². The van der Waals surface area contributed by atoms with Crippen molar-refractivity contribution in [2.75, 3.05) is 7.05 Å². The zero-order valence-electron chi connectivity index (χ0n) is 6.33.